The number of nitrogens with zero attached hydrogens (tertiary/aromatic N) is 5. The Morgan fingerprint density at radius 1 is 1.15 bits per heavy atom. The van der Waals surface area contributed by atoms with Crippen LogP contribution in [0.5, 0.6) is 0 Å². The van der Waals surface area contributed by atoms with Gasteiger partial charge in [0, 0.05) is 44.3 Å². The zero-order valence-electron chi connectivity index (χ0n) is 19.1. The Labute approximate surface area is 197 Å². The minimum absolute atomic E-state index is 0.00998. The van der Waals surface area contributed by atoms with Crippen molar-refractivity contribution in [2.24, 2.45) is 11.7 Å². The third kappa shape index (κ3) is 4.52. The number of aromatic nitrogens is 3. The van der Waals surface area contributed by atoms with E-state index in [9.17, 15) is 9.90 Å². The first-order valence-electron chi connectivity index (χ1n) is 11.5. The Hall–Kier alpha value is -3.34. The lowest BCUT2D eigenvalue weighted by atomic mass is 9.92. The highest BCUT2D eigenvalue weighted by molar-refractivity contribution is 6.05. The van der Waals surface area contributed by atoms with E-state index in [1.54, 1.807) is 24.5 Å². The maximum Gasteiger partial charge on any atom is 0.274 e. The van der Waals surface area contributed by atoms with Crippen LogP contribution in [-0.2, 0) is 4.74 Å². The largest absolute Gasteiger partial charge is 0.391 e. The molecule has 0 aromatic carbocycles. The van der Waals surface area contributed by atoms with Crippen molar-refractivity contribution in [1.29, 1.82) is 0 Å². The number of fused-ring (bicyclic) bond motifs is 1. The molecule has 0 saturated carbocycles. The van der Waals surface area contributed by atoms with Crippen LogP contribution < -0.4 is 20.9 Å². The molecule has 0 bridgehead atoms. The van der Waals surface area contributed by atoms with Gasteiger partial charge in [-0.15, -0.1) is 0 Å². The maximum atomic E-state index is 13.1. The summed E-state index contributed by atoms with van der Waals surface area (Å²) in [5, 5.41) is 13.2. The number of hydrogen-bond acceptors (Lipinski definition) is 9. The summed E-state index contributed by atoms with van der Waals surface area (Å²) >= 11 is 0. The molecule has 2 fully saturated rings. The molecule has 5 heterocycles. The number of piperidine rings is 1. The number of carbonyl (C=O) groups is 1. The van der Waals surface area contributed by atoms with Crippen LogP contribution in [-0.4, -0.2) is 77.5 Å². The highest BCUT2D eigenvalue weighted by atomic mass is 16.5. The van der Waals surface area contributed by atoms with Gasteiger partial charge in [0.05, 0.1) is 59.8 Å². The number of nitrogens with one attached hydrogen (secondary N) is 1. The zero-order chi connectivity index (χ0) is 23.7. The second-order valence-corrected chi connectivity index (χ2v) is 8.91. The molecule has 3 aromatic rings. The molecule has 0 spiro atoms. The average Bonchev–Trinajstić information content (AvgIpc) is 2.87. The van der Waals surface area contributed by atoms with Crippen molar-refractivity contribution in [2.75, 3.05) is 54.5 Å². The molecule has 5 rings (SSSR count). The van der Waals surface area contributed by atoms with Crippen molar-refractivity contribution in [1.82, 2.24) is 15.0 Å². The molecular formula is C24H29N7O3. The number of aliphatic hydroxyl groups is 1. The van der Waals surface area contributed by atoms with Crippen LogP contribution >= 0.6 is 0 Å². The Kier molecular flexibility index (Phi) is 6.27. The van der Waals surface area contributed by atoms with E-state index >= 15 is 0 Å². The predicted octanol–water partition coefficient (Wildman–Crippen LogP) is 1.26. The van der Waals surface area contributed by atoms with Crippen molar-refractivity contribution < 1.29 is 14.6 Å². The molecule has 3 unspecified atom stereocenters. The number of nitrogens with two attached hydrogens (primary N) is 1. The highest BCUT2D eigenvalue weighted by Gasteiger charge is 2.32. The van der Waals surface area contributed by atoms with Crippen molar-refractivity contribution in [2.45, 2.75) is 19.1 Å². The number of hydrogen-bond donors (Lipinski definition) is 3. The van der Waals surface area contributed by atoms with Gasteiger partial charge in [0.25, 0.3) is 5.91 Å². The predicted molar refractivity (Wildman–Crippen MR) is 130 cm³/mol. The van der Waals surface area contributed by atoms with Gasteiger partial charge in [-0.2, -0.15) is 0 Å². The number of anilines is 3. The lowest BCUT2D eigenvalue weighted by molar-refractivity contribution is 0.0785. The smallest absolute Gasteiger partial charge is 0.274 e. The Balaban J connectivity index is 1.38. The van der Waals surface area contributed by atoms with E-state index < -0.39 is 6.10 Å². The van der Waals surface area contributed by atoms with Crippen molar-refractivity contribution in [3.8, 4) is 0 Å². The molecule has 2 aliphatic rings. The number of ether oxygens (including phenoxy) is 1. The van der Waals surface area contributed by atoms with E-state index in [-0.39, 0.29) is 17.9 Å². The molecule has 1 amide bonds. The summed E-state index contributed by atoms with van der Waals surface area (Å²) in [4.78, 5) is 30.7. The van der Waals surface area contributed by atoms with Crippen LogP contribution in [0.1, 0.15) is 17.4 Å². The van der Waals surface area contributed by atoms with Crippen LogP contribution in [0.4, 0.5) is 17.1 Å². The fourth-order valence-electron chi connectivity index (χ4n) is 4.57. The van der Waals surface area contributed by atoms with Gasteiger partial charge in [-0.1, -0.05) is 6.92 Å². The van der Waals surface area contributed by atoms with Gasteiger partial charge in [0.1, 0.15) is 5.69 Å². The first kappa shape index (κ1) is 22.5. The summed E-state index contributed by atoms with van der Waals surface area (Å²) in [7, 11) is 0. The van der Waals surface area contributed by atoms with Crippen LogP contribution in [0.2, 0.25) is 0 Å². The van der Waals surface area contributed by atoms with Crippen LogP contribution in [0.25, 0.3) is 11.0 Å². The van der Waals surface area contributed by atoms with Gasteiger partial charge < -0.3 is 30.7 Å². The van der Waals surface area contributed by atoms with E-state index in [2.05, 4.69) is 30.1 Å². The first-order valence-corrected chi connectivity index (χ1v) is 11.5. The lowest BCUT2D eigenvalue weighted by Gasteiger charge is -2.40. The third-order valence-corrected chi connectivity index (χ3v) is 6.48. The SMILES string of the molecule is CC1CN(c2ccncc2NC(=O)c2ccc3ncc(N4CCOCC4)cc3n2)CC(N)C1O. The van der Waals surface area contributed by atoms with Crippen LogP contribution in [0.3, 0.4) is 0 Å². The molecular weight excluding hydrogens is 434 g/mol. The summed E-state index contributed by atoms with van der Waals surface area (Å²) in [5.41, 5.74) is 10.2. The molecule has 3 aromatic heterocycles. The van der Waals surface area contributed by atoms with Gasteiger partial charge in [0.15, 0.2) is 0 Å². The number of rotatable bonds is 4. The molecule has 0 aliphatic carbocycles. The van der Waals surface area contributed by atoms with Crippen molar-refractivity contribution >= 4 is 34.0 Å². The second kappa shape index (κ2) is 9.49. The van der Waals surface area contributed by atoms with E-state index in [4.69, 9.17) is 10.5 Å². The molecule has 178 valence electrons. The summed E-state index contributed by atoms with van der Waals surface area (Å²) in [6.45, 7) is 6.05. The van der Waals surface area contributed by atoms with E-state index in [0.29, 0.717) is 43.2 Å². The van der Waals surface area contributed by atoms with E-state index in [1.165, 1.54) is 0 Å². The summed E-state index contributed by atoms with van der Waals surface area (Å²) in [6.07, 6.45) is 4.58. The number of pyridine rings is 3. The zero-order valence-corrected chi connectivity index (χ0v) is 19.1. The monoisotopic (exact) mass is 463 g/mol. The minimum atomic E-state index is -0.547. The Bertz CT molecular complexity index is 1170. The fourth-order valence-corrected chi connectivity index (χ4v) is 4.57. The number of morpholine rings is 1. The fraction of sp³-hybridized carbons (Fsp3) is 0.417. The molecule has 34 heavy (non-hydrogen) atoms. The highest BCUT2D eigenvalue weighted by Crippen LogP contribution is 2.29. The van der Waals surface area contributed by atoms with Gasteiger partial charge in [-0.25, -0.2) is 4.98 Å². The van der Waals surface area contributed by atoms with Crippen molar-refractivity contribution in [3.63, 3.8) is 0 Å². The average molecular weight is 464 g/mol. The standard InChI is InChI=1S/C24H29N7O3/c1-15-13-31(14-17(25)23(15)32)22-4-5-26-12-21(22)29-24(33)19-3-2-18-20(28-19)10-16(11-27-18)30-6-8-34-9-7-30/h2-5,10-12,15,17,23,32H,6-9,13-14,25H2,1H3,(H,29,33). The van der Waals surface area contributed by atoms with Gasteiger partial charge in [-0.3, -0.25) is 14.8 Å². The quantitative estimate of drug-likeness (QED) is 0.523. The van der Waals surface area contributed by atoms with Crippen LogP contribution in [0.15, 0.2) is 42.9 Å². The summed E-state index contributed by atoms with van der Waals surface area (Å²) in [5.74, 6) is -0.321. The number of amides is 1. The van der Waals surface area contributed by atoms with Gasteiger partial charge >= 0.3 is 0 Å². The normalized spacial score (nSPS) is 23.2. The van der Waals surface area contributed by atoms with E-state index in [0.717, 1.165) is 30.0 Å². The van der Waals surface area contributed by atoms with E-state index in [1.807, 2.05) is 25.3 Å². The maximum absolute atomic E-state index is 13.1. The molecule has 10 nitrogen and oxygen atoms in total. The molecule has 4 N–H and O–H groups in total. The summed E-state index contributed by atoms with van der Waals surface area (Å²) in [6, 6.07) is 6.92. The number of carbonyl (C=O) groups excluding carboxylic acids is 1. The molecule has 10 heteroatoms. The van der Waals surface area contributed by atoms with Crippen LogP contribution in [0, 0.1) is 5.92 Å². The van der Waals surface area contributed by atoms with Crippen molar-refractivity contribution in [3.05, 3.63) is 48.5 Å². The summed E-state index contributed by atoms with van der Waals surface area (Å²) < 4.78 is 5.43. The first-order chi connectivity index (χ1) is 16.5. The van der Waals surface area contributed by atoms with Gasteiger partial charge in [-0.05, 0) is 24.3 Å². The Morgan fingerprint density at radius 2 is 1.97 bits per heavy atom. The van der Waals surface area contributed by atoms with Gasteiger partial charge in [0.2, 0.25) is 0 Å². The molecule has 2 saturated heterocycles. The molecule has 0 radical (unpaired) electrons. The molecule has 3 atom stereocenters. The second-order valence-electron chi connectivity index (χ2n) is 8.91. The molecule has 2 aliphatic heterocycles. The third-order valence-electron chi connectivity index (χ3n) is 6.48. The number of aliphatic hydroxyl groups excluding tert-OH is 1. The Morgan fingerprint density at radius 3 is 2.76 bits per heavy atom. The lowest BCUT2D eigenvalue weighted by Crippen LogP contribution is -2.55. The topological polar surface area (TPSA) is 130 Å². The minimum Gasteiger partial charge on any atom is -0.391 e.